The number of nitriles is 1. The normalized spacial score (nSPS) is 11.0. The molecule has 3 heterocycles. The first-order valence-corrected chi connectivity index (χ1v) is 9.86. The first-order chi connectivity index (χ1) is 15.2. The van der Waals surface area contributed by atoms with E-state index in [1.165, 1.54) is 0 Å². The number of fused-ring (bicyclic) bond motifs is 2. The van der Waals surface area contributed by atoms with Gasteiger partial charge in [0.2, 0.25) is 0 Å². The summed E-state index contributed by atoms with van der Waals surface area (Å²) < 4.78 is 7.52. The van der Waals surface area contributed by atoms with E-state index in [1.807, 2.05) is 25.1 Å². The smallest absolute Gasteiger partial charge is 0.139 e. The minimum Gasteiger partial charge on any atom is -0.490 e. The van der Waals surface area contributed by atoms with Crippen molar-refractivity contribution in [1.29, 1.82) is 5.26 Å². The summed E-state index contributed by atoms with van der Waals surface area (Å²) in [6.45, 7) is 2.95. The molecule has 152 valence electrons. The molecule has 0 radical (unpaired) electrons. The number of benzene rings is 2. The Balaban J connectivity index is 1.44. The van der Waals surface area contributed by atoms with Crippen molar-refractivity contribution in [2.75, 3.05) is 11.9 Å². The van der Waals surface area contributed by atoms with Crippen molar-refractivity contribution in [1.82, 2.24) is 25.0 Å². The summed E-state index contributed by atoms with van der Waals surface area (Å²) in [5.74, 6) is 0.504. The van der Waals surface area contributed by atoms with Crippen LogP contribution in [-0.4, -0.2) is 31.6 Å². The summed E-state index contributed by atoms with van der Waals surface area (Å²) in [7, 11) is 0. The average Bonchev–Trinajstić information content (AvgIpc) is 3.42. The first kappa shape index (κ1) is 18.6. The van der Waals surface area contributed by atoms with Gasteiger partial charge in [0, 0.05) is 51.8 Å². The van der Waals surface area contributed by atoms with Crippen molar-refractivity contribution in [2.45, 2.75) is 13.5 Å². The highest BCUT2D eigenvalue weighted by atomic mass is 16.5. The van der Waals surface area contributed by atoms with Crippen molar-refractivity contribution >= 4 is 33.2 Å². The van der Waals surface area contributed by atoms with E-state index in [0.29, 0.717) is 24.5 Å². The number of aromatic amines is 1. The maximum atomic E-state index is 9.66. The van der Waals surface area contributed by atoms with E-state index in [0.717, 1.165) is 38.9 Å². The number of anilines is 2. The molecular formula is C23H19N7O. The van der Waals surface area contributed by atoms with Gasteiger partial charge >= 0.3 is 0 Å². The van der Waals surface area contributed by atoms with Crippen LogP contribution in [0.25, 0.3) is 21.8 Å². The Morgan fingerprint density at radius 2 is 2.10 bits per heavy atom. The van der Waals surface area contributed by atoms with Crippen molar-refractivity contribution in [3.63, 3.8) is 0 Å². The van der Waals surface area contributed by atoms with Gasteiger partial charge in [-0.25, -0.2) is 4.68 Å². The molecule has 8 nitrogen and oxygen atoms in total. The van der Waals surface area contributed by atoms with Crippen LogP contribution in [0, 0.1) is 18.3 Å². The van der Waals surface area contributed by atoms with Crippen LogP contribution in [0.5, 0.6) is 5.75 Å². The molecule has 0 aliphatic rings. The standard InChI is InChI=1S/C23H19N7O/c1-15-10-16-11-18(2-3-20(16)27-15)28-21-4-5-25-22-13-23(17(14-24)12-19(21)22)31-9-8-30-7-6-26-29-30/h2-7,10-13,27H,8-9H2,1H3,(H,25,28). The molecule has 0 bridgehead atoms. The Bertz CT molecular complexity index is 1410. The molecule has 0 saturated carbocycles. The molecule has 5 rings (SSSR count). The molecule has 0 aliphatic carbocycles. The zero-order valence-electron chi connectivity index (χ0n) is 16.8. The van der Waals surface area contributed by atoms with Crippen LogP contribution in [0.4, 0.5) is 11.4 Å². The molecule has 0 unspecified atom stereocenters. The van der Waals surface area contributed by atoms with Gasteiger partial charge in [0.25, 0.3) is 0 Å². The highest BCUT2D eigenvalue weighted by Crippen LogP contribution is 2.31. The molecule has 0 saturated heterocycles. The number of pyridine rings is 1. The number of nitrogens with zero attached hydrogens (tertiary/aromatic N) is 5. The van der Waals surface area contributed by atoms with E-state index in [9.17, 15) is 5.26 Å². The summed E-state index contributed by atoms with van der Waals surface area (Å²) in [4.78, 5) is 7.80. The third kappa shape index (κ3) is 3.76. The summed E-state index contributed by atoms with van der Waals surface area (Å²) in [5.41, 5.74) is 5.27. The lowest BCUT2D eigenvalue weighted by atomic mass is 10.1. The molecule has 5 aromatic rings. The largest absolute Gasteiger partial charge is 0.490 e. The van der Waals surface area contributed by atoms with E-state index in [2.05, 4.69) is 49.9 Å². The fourth-order valence-corrected chi connectivity index (χ4v) is 3.60. The lowest BCUT2D eigenvalue weighted by Gasteiger charge is -2.13. The van der Waals surface area contributed by atoms with Crippen molar-refractivity contribution in [2.24, 2.45) is 0 Å². The van der Waals surface area contributed by atoms with Gasteiger partial charge in [0.05, 0.1) is 23.8 Å². The third-order valence-electron chi connectivity index (χ3n) is 5.05. The Morgan fingerprint density at radius 3 is 2.94 bits per heavy atom. The molecule has 8 heteroatoms. The molecule has 0 fully saturated rings. The van der Waals surface area contributed by atoms with Crippen molar-refractivity contribution < 1.29 is 4.74 Å². The number of hydrogen-bond donors (Lipinski definition) is 2. The van der Waals surface area contributed by atoms with E-state index in [1.54, 1.807) is 29.3 Å². The second kappa shape index (κ2) is 7.80. The SMILES string of the molecule is Cc1cc2cc(Nc3ccnc4cc(OCCn5ccnn5)c(C#N)cc34)ccc2[nH]1. The zero-order chi connectivity index (χ0) is 21.2. The van der Waals surface area contributed by atoms with E-state index >= 15 is 0 Å². The first-order valence-electron chi connectivity index (χ1n) is 9.86. The molecule has 0 amide bonds. The molecular weight excluding hydrogens is 390 g/mol. The van der Waals surface area contributed by atoms with Crippen LogP contribution in [0.1, 0.15) is 11.3 Å². The molecule has 0 spiro atoms. The van der Waals surface area contributed by atoms with Crippen LogP contribution < -0.4 is 10.1 Å². The monoisotopic (exact) mass is 409 g/mol. The van der Waals surface area contributed by atoms with Gasteiger partial charge in [-0.3, -0.25) is 4.98 Å². The second-order valence-corrected chi connectivity index (χ2v) is 7.23. The number of hydrogen-bond acceptors (Lipinski definition) is 6. The van der Waals surface area contributed by atoms with E-state index < -0.39 is 0 Å². The molecule has 2 N–H and O–H groups in total. The van der Waals surface area contributed by atoms with Gasteiger partial charge in [-0.2, -0.15) is 5.26 Å². The van der Waals surface area contributed by atoms with E-state index in [-0.39, 0.29) is 0 Å². The summed E-state index contributed by atoms with van der Waals surface area (Å²) in [5, 5.41) is 22.8. The molecule has 0 atom stereocenters. The number of aromatic nitrogens is 5. The molecule has 31 heavy (non-hydrogen) atoms. The highest BCUT2D eigenvalue weighted by molar-refractivity contribution is 5.95. The number of ether oxygens (including phenoxy) is 1. The lowest BCUT2D eigenvalue weighted by molar-refractivity contribution is 0.289. The van der Waals surface area contributed by atoms with Crippen LogP contribution in [0.2, 0.25) is 0 Å². The number of nitrogens with one attached hydrogen (secondary N) is 2. The highest BCUT2D eigenvalue weighted by Gasteiger charge is 2.11. The Hall–Kier alpha value is -4.38. The summed E-state index contributed by atoms with van der Waals surface area (Å²) in [6, 6.07) is 16.0. The number of rotatable bonds is 6. The zero-order valence-corrected chi connectivity index (χ0v) is 16.8. The molecule has 0 aliphatic heterocycles. The molecule has 3 aromatic heterocycles. The predicted octanol–water partition coefficient (Wildman–Crippen LogP) is 4.31. The topological polar surface area (TPSA) is 104 Å². The fraction of sp³-hybridized carbons (Fsp3) is 0.130. The maximum Gasteiger partial charge on any atom is 0.139 e. The summed E-state index contributed by atoms with van der Waals surface area (Å²) >= 11 is 0. The quantitative estimate of drug-likeness (QED) is 0.433. The Morgan fingerprint density at radius 1 is 1.16 bits per heavy atom. The third-order valence-corrected chi connectivity index (χ3v) is 5.05. The van der Waals surface area contributed by atoms with Crippen LogP contribution in [0.15, 0.2) is 61.1 Å². The van der Waals surface area contributed by atoms with E-state index in [4.69, 9.17) is 4.74 Å². The number of aryl methyl sites for hydroxylation is 1. The van der Waals surface area contributed by atoms with Gasteiger partial charge in [-0.05, 0) is 43.3 Å². The molecule has 2 aromatic carbocycles. The van der Waals surface area contributed by atoms with Crippen molar-refractivity contribution in [3.8, 4) is 11.8 Å². The minimum atomic E-state index is 0.373. The second-order valence-electron chi connectivity index (χ2n) is 7.23. The van der Waals surface area contributed by atoms with Gasteiger partial charge in [-0.1, -0.05) is 5.21 Å². The van der Waals surface area contributed by atoms with Gasteiger partial charge in [-0.15, -0.1) is 5.10 Å². The Kier molecular flexibility index (Phi) is 4.69. The van der Waals surface area contributed by atoms with Gasteiger partial charge in [0.15, 0.2) is 0 Å². The lowest BCUT2D eigenvalue weighted by Crippen LogP contribution is -2.09. The predicted molar refractivity (Wildman–Crippen MR) is 118 cm³/mol. The number of H-pyrrole nitrogens is 1. The summed E-state index contributed by atoms with van der Waals surface area (Å²) in [6.07, 6.45) is 5.12. The minimum absolute atomic E-state index is 0.373. The van der Waals surface area contributed by atoms with Crippen LogP contribution in [-0.2, 0) is 6.54 Å². The van der Waals surface area contributed by atoms with Crippen molar-refractivity contribution in [3.05, 3.63) is 72.3 Å². The van der Waals surface area contributed by atoms with Crippen LogP contribution in [0.3, 0.4) is 0 Å². The van der Waals surface area contributed by atoms with Crippen LogP contribution >= 0.6 is 0 Å². The Labute approximate surface area is 178 Å². The fourth-order valence-electron chi connectivity index (χ4n) is 3.60. The van der Waals surface area contributed by atoms with Gasteiger partial charge < -0.3 is 15.0 Å². The maximum absolute atomic E-state index is 9.66. The van der Waals surface area contributed by atoms with Gasteiger partial charge in [0.1, 0.15) is 18.4 Å². The average molecular weight is 409 g/mol.